The smallest absolute Gasteiger partial charge is 0.234 e. The van der Waals surface area contributed by atoms with E-state index in [4.69, 9.17) is 4.74 Å². The summed E-state index contributed by atoms with van der Waals surface area (Å²) < 4.78 is 18.6. The van der Waals surface area contributed by atoms with Gasteiger partial charge in [-0.15, -0.1) is 0 Å². The van der Waals surface area contributed by atoms with E-state index in [9.17, 15) is 14.0 Å². The molecule has 0 aromatic heterocycles. The van der Waals surface area contributed by atoms with Crippen molar-refractivity contribution in [2.45, 2.75) is 32.7 Å². The van der Waals surface area contributed by atoms with Gasteiger partial charge in [0.25, 0.3) is 0 Å². The van der Waals surface area contributed by atoms with Crippen LogP contribution in [0.3, 0.4) is 0 Å². The quantitative estimate of drug-likeness (QED) is 0.794. The van der Waals surface area contributed by atoms with Crippen LogP contribution >= 0.6 is 0 Å². The number of amides is 2. The van der Waals surface area contributed by atoms with Crippen molar-refractivity contribution >= 4 is 11.8 Å². The Kier molecular flexibility index (Phi) is 7.38. The number of methoxy groups -OCH3 is 1. The van der Waals surface area contributed by atoms with Gasteiger partial charge in [-0.05, 0) is 38.0 Å². The molecule has 0 aliphatic carbocycles. The van der Waals surface area contributed by atoms with Crippen molar-refractivity contribution in [3.8, 4) is 5.75 Å². The van der Waals surface area contributed by atoms with Crippen LogP contribution in [0.2, 0.25) is 0 Å². The minimum Gasteiger partial charge on any atom is -0.494 e. The predicted octanol–water partition coefficient (Wildman–Crippen LogP) is 1.44. The van der Waals surface area contributed by atoms with Crippen molar-refractivity contribution in [2.75, 3.05) is 39.8 Å². The minimum atomic E-state index is -0.411. The third kappa shape index (κ3) is 5.98. The van der Waals surface area contributed by atoms with E-state index >= 15 is 0 Å². The molecule has 26 heavy (non-hydrogen) atoms. The highest BCUT2D eigenvalue weighted by Gasteiger charge is 2.22. The topological polar surface area (TPSA) is 61.9 Å². The van der Waals surface area contributed by atoms with Gasteiger partial charge in [-0.25, -0.2) is 4.39 Å². The third-order valence-electron chi connectivity index (χ3n) is 4.39. The van der Waals surface area contributed by atoms with Gasteiger partial charge in [0.15, 0.2) is 11.6 Å². The number of ether oxygens (including phenoxy) is 1. The fraction of sp³-hybridized carbons (Fsp3) is 0.579. The Hall–Kier alpha value is -2.15. The summed E-state index contributed by atoms with van der Waals surface area (Å²) in [5.74, 6) is -0.128. The van der Waals surface area contributed by atoms with Crippen LogP contribution in [0, 0.1) is 5.82 Å². The Bertz CT molecular complexity index is 628. The summed E-state index contributed by atoms with van der Waals surface area (Å²) in [4.78, 5) is 28.0. The maximum absolute atomic E-state index is 13.7. The van der Waals surface area contributed by atoms with Gasteiger partial charge in [0, 0.05) is 38.6 Å². The van der Waals surface area contributed by atoms with Crippen molar-refractivity contribution in [3.05, 3.63) is 29.6 Å². The zero-order valence-corrected chi connectivity index (χ0v) is 15.8. The number of hydrogen-bond acceptors (Lipinski definition) is 4. The molecule has 0 unspecified atom stereocenters. The van der Waals surface area contributed by atoms with Crippen molar-refractivity contribution in [2.24, 2.45) is 0 Å². The summed E-state index contributed by atoms with van der Waals surface area (Å²) in [7, 11) is 1.42. The fourth-order valence-corrected chi connectivity index (χ4v) is 3.00. The molecule has 6 nitrogen and oxygen atoms in total. The normalized spacial score (nSPS) is 15.2. The van der Waals surface area contributed by atoms with Crippen LogP contribution in [-0.2, 0) is 16.0 Å². The average molecular weight is 365 g/mol. The van der Waals surface area contributed by atoms with Crippen LogP contribution in [0.4, 0.5) is 4.39 Å². The number of benzene rings is 1. The number of hydrogen-bond donors (Lipinski definition) is 1. The highest BCUT2D eigenvalue weighted by Crippen LogP contribution is 2.18. The molecule has 0 atom stereocenters. The van der Waals surface area contributed by atoms with E-state index in [1.807, 2.05) is 18.7 Å². The summed E-state index contributed by atoms with van der Waals surface area (Å²) >= 11 is 0. The number of carbonyl (C=O) groups excluding carboxylic acids is 2. The molecule has 1 aromatic carbocycles. The molecule has 1 fully saturated rings. The molecular weight excluding hydrogens is 337 g/mol. The van der Waals surface area contributed by atoms with E-state index in [1.54, 1.807) is 12.1 Å². The van der Waals surface area contributed by atoms with Crippen molar-refractivity contribution in [3.63, 3.8) is 0 Å². The van der Waals surface area contributed by atoms with Gasteiger partial charge < -0.3 is 15.0 Å². The second-order valence-electron chi connectivity index (χ2n) is 6.85. The zero-order valence-electron chi connectivity index (χ0n) is 15.8. The molecule has 2 amide bonds. The van der Waals surface area contributed by atoms with Crippen molar-refractivity contribution < 1.29 is 18.7 Å². The lowest BCUT2D eigenvalue weighted by atomic mass is 10.1. The summed E-state index contributed by atoms with van der Waals surface area (Å²) in [5.41, 5.74) is 0.778. The average Bonchev–Trinajstić information content (AvgIpc) is 2.59. The van der Waals surface area contributed by atoms with Gasteiger partial charge in [0.1, 0.15) is 0 Å². The monoisotopic (exact) mass is 365 g/mol. The van der Waals surface area contributed by atoms with E-state index < -0.39 is 5.82 Å². The first-order chi connectivity index (χ1) is 12.4. The van der Waals surface area contributed by atoms with Crippen molar-refractivity contribution in [1.29, 1.82) is 0 Å². The summed E-state index contributed by atoms with van der Waals surface area (Å²) in [6.45, 7) is 6.84. The molecule has 0 saturated carbocycles. The van der Waals surface area contributed by atoms with E-state index in [0.717, 1.165) is 5.56 Å². The molecule has 144 valence electrons. The van der Waals surface area contributed by atoms with Gasteiger partial charge in [0.05, 0.1) is 13.7 Å². The number of aryl methyl sites for hydroxylation is 1. The predicted molar refractivity (Wildman–Crippen MR) is 97.6 cm³/mol. The Morgan fingerprint density at radius 2 is 1.92 bits per heavy atom. The first kappa shape index (κ1) is 20.2. The molecule has 1 heterocycles. The lowest BCUT2D eigenvalue weighted by Gasteiger charge is -2.34. The number of carbonyl (C=O) groups is 2. The van der Waals surface area contributed by atoms with E-state index in [1.165, 1.54) is 13.2 Å². The molecule has 1 N–H and O–H groups in total. The Labute approximate surface area is 154 Å². The molecule has 1 aliphatic rings. The summed E-state index contributed by atoms with van der Waals surface area (Å²) in [6, 6.07) is 4.90. The third-order valence-corrected chi connectivity index (χ3v) is 4.39. The largest absolute Gasteiger partial charge is 0.494 e. The van der Waals surface area contributed by atoms with Gasteiger partial charge in [0.2, 0.25) is 11.8 Å². The van der Waals surface area contributed by atoms with E-state index in [-0.39, 0.29) is 23.6 Å². The molecule has 2 rings (SSSR count). The fourth-order valence-electron chi connectivity index (χ4n) is 3.00. The zero-order chi connectivity index (χ0) is 19.1. The van der Waals surface area contributed by atoms with Gasteiger partial charge in [-0.3, -0.25) is 14.5 Å². The first-order valence-electron chi connectivity index (χ1n) is 9.01. The van der Waals surface area contributed by atoms with Gasteiger partial charge in [-0.2, -0.15) is 0 Å². The molecule has 1 aromatic rings. The Morgan fingerprint density at radius 1 is 1.23 bits per heavy atom. The van der Waals surface area contributed by atoms with Gasteiger partial charge >= 0.3 is 0 Å². The number of rotatable bonds is 7. The molecule has 0 radical (unpaired) electrons. The number of nitrogens with one attached hydrogen (secondary N) is 1. The van der Waals surface area contributed by atoms with Crippen LogP contribution in [0.25, 0.3) is 0 Å². The standard InChI is InChI=1S/C19H28FN3O3/c1-14(2)21-18(24)13-22-8-10-23(11-9-22)19(25)7-5-15-4-6-17(26-3)16(20)12-15/h4,6,12,14H,5,7-11,13H2,1-3H3,(H,21,24). The van der Waals surface area contributed by atoms with Crippen LogP contribution in [0.1, 0.15) is 25.8 Å². The highest BCUT2D eigenvalue weighted by molar-refractivity contribution is 5.78. The first-order valence-corrected chi connectivity index (χ1v) is 9.01. The van der Waals surface area contributed by atoms with E-state index in [0.29, 0.717) is 45.6 Å². The van der Waals surface area contributed by atoms with Crippen LogP contribution in [0.15, 0.2) is 18.2 Å². The van der Waals surface area contributed by atoms with Crippen LogP contribution in [-0.4, -0.2) is 67.5 Å². The maximum Gasteiger partial charge on any atom is 0.234 e. The molecular formula is C19H28FN3O3. The SMILES string of the molecule is COc1ccc(CCC(=O)N2CCN(CC(=O)NC(C)C)CC2)cc1F. The Morgan fingerprint density at radius 3 is 2.50 bits per heavy atom. The molecule has 1 aliphatic heterocycles. The molecule has 7 heteroatoms. The lowest BCUT2D eigenvalue weighted by molar-refractivity contribution is -0.133. The molecule has 0 bridgehead atoms. The van der Waals surface area contributed by atoms with Crippen molar-refractivity contribution in [1.82, 2.24) is 15.1 Å². The van der Waals surface area contributed by atoms with E-state index in [2.05, 4.69) is 10.2 Å². The Balaban J connectivity index is 1.74. The number of piperazine rings is 1. The van der Waals surface area contributed by atoms with Crippen LogP contribution in [0.5, 0.6) is 5.75 Å². The summed E-state index contributed by atoms with van der Waals surface area (Å²) in [5, 5.41) is 2.87. The van der Waals surface area contributed by atoms with Crippen LogP contribution < -0.4 is 10.1 Å². The maximum atomic E-state index is 13.7. The highest BCUT2D eigenvalue weighted by atomic mass is 19.1. The second-order valence-corrected chi connectivity index (χ2v) is 6.85. The summed E-state index contributed by atoms with van der Waals surface area (Å²) in [6.07, 6.45) is 0.844. The number of halogens is 1. The molecule has 0 spiro atoms. The number of nitrogens with zero attached hydrogens (tertiary/aromatic N) is 2. The molecule has 1 saturated heterocycles. The lowest BCUT2D eigenvalue weighted by Crippen LogP contribution is -2.51. The second kappa shape index (κ2) is 9.52. The van der Waals surface area contributed by atoms with Gasteiger partial charge in [-0.1, -0.05) is 6.07 Å². The minimum absolute atomic E-state index is 0.0151.